The van der Waals surface area contributed by atoms with Crippen molar-refractivity contribution in [3.8, 4) is 6.07 Å². The number of hydrogen-bond donors (Lipinski definition) is 0. The lowest BCUT2D eigenvalue weighted by atomic mass is 9.71. The Balaban J connectivity index is 1.59. The van der Waals surface area contributed by atoms with Gasteiger partial charge in [-0.2, -0.15) is 5.26 Å². The van der Waals surface area contributed by atoms with Crippen molar-refractivity contribution in [3.05, 3.63) is 66.0 Å². The highest BCUT2D eigenvalue weighted by molar-refractivity contribution is 5.33. The maximum Gasteiger partial charge on any atom is 0.0866 e. The number of nitrogens with zero attached hydrogens (tertiary/aromatic N) is 3. The molecule has 4 rings (SSSR count). The van der Waals surface area contributed by atoms with Crippen molar-refractivity contribution in [3.63, 3.8) is 0 Å². The van der Waals surface area contributed by atoms with Crippen molar-refractivity contribution in [2.45, 2.75) is 49.7 Å². The van der Waals surface area contributed by atoms with Gasteiger partial charge in [0.2, 0.25) is 0 Å². The molecule has 0 aliphatic carbocycles. The lowest BCUT2D eigenvalue weighted by Gasteiger charge is -2.43. The Labute approximate surface area is 137 Å². The number of hydrogen-bond acceptors (Lipinski definition) is 3. The van der Waals surface area contributed by atoms with Gasteiger partial charge < -0.3 is 0 Å². The third kappa shape index (κ3) is 2.54. The summed E-state index contributed by atoms with van der Waals surface area (Å²) < 4.78 is 0. The molecule has 1 aromatic heterocycles. The molecule has 0 amide bonds. The second-order valence-corrected chi connectivity index (χ2v) is 6.89. The summed E-state index contributed by atoms with van der Waals surface area (Å²) in [7, 11) is 0. The van der Waals surface area contributed by atoms with E-state index in [4.69, 9.17) is 0 Å². The fraction of sp³-hybridized carbons (Fsp3) is 0.400. The number of rotatable bonds is 3. The van der Waals surface area contributed by atoms with Crippen LogP contribution in [0.2, 0.25) is 0 Å². The second-order valence-electron chi connectivity index (χ2n) is 6.89. The fourth-order valence-corrected chi connectivity index (χ4v) is 4.43. The molecule has 2 saturated heterocycles. The summed E-state index contributed by atoms with van der Waals surface area (Å²) in [6.45, 7) is 1.00. The van der Waals surface area contributed by atoms with Crippen LogP contribution in [0.5, 0.6) is 0 Å². The van der Waals surface area contributed by atoms with Crippen LogP contribution in [0.15, 0.2) is 54.9 Å². The normalized spacial score (nSPS) is 30.0. The van der Waals surface area contributed by atoms with Crippen LogP contribution in [0.1, 0.15) is 36.8 Å². The van der Waals surface area contributed by atoms with Gasteiger partial charge >= 0.3 is 0 Å². The number of piperidine rings is 1. The smallest absolute Gasteiger partial charge is 0.0866 e. The molecule has 0 N–H and O–H groups in total. The monoisotopic (exact) mass is 303 g/mol. The van der Waals surface area contributed by atoms with E-state index in [0.717, 1.165) is 24.9 Å². The maximum atomic E-state index is 9.94. The molecule has 23 heavy (non-hydrogen) atoms. The van der Waals surface area contributed by atoms with Gasteiger partial charge in [0.25, 0.3) is 0 Å². The van der Waals surface area contributed by atoms with Gasteiger partial charge in [-0.15, -0.1) is 0 Å². The number of aromatic nitrogens is 1. The van der Waals surface area contributed by atoms with Gasteiger partial charge in [-0.05, 0) is 42.9 Å². The van der Waals surface area contributed by atoms with Gasteiger partial charge in [0, 0.05) is 31.0 Å². The number of pyridine rings is 1. The molecule has 3 heteroatoms. The van der Waals surface area contributed by atoms with Crippen LogP contribution < -0.4 is 0 Å². The van der Waals surface area contributed by atoms with Crippen LogP contribution in [-0.2, 0) is 12.0 Å². The van der Waals surface area contributed by atoms with E-state index in [1.54, 1.807) is 6.20 Å². The minimum Gasteiger partial charge on any atom is -0.293 e. The summed E-state index contributed by atoms with van der Waals surface area (Å²) in [4.78, 5) is 6.87. The Morgan fingerprint density at radius 1 is 1.09 bits per heavy atom. The SMILES string of the molecule is N#CC1(c2cccnc2)CC2CCC(C1)N2Cc1ccccc1. The second kappa shape index (κ2) is 5.79. The van der Waals surface area contributed by atoms with E-state index in [0.29, 0.717) is 12.1 Å². The number of benzene rings is 1. The predicted octanol–water partition coefficient (Wildman–Crippen LogP) is 3.67. The van der Waals surface area contributed by atoms with Crippen LogP contribution in [0.3, 0.4) is 0 Å². The summed E-state index contributed by atoms with van der Waals surface area (Å²) >= 11 is 0. The number of fused-ring (bicyclic) bond motifs is 2. The molecule has 0 radical (unpaired) electrons. The lowest BCUT2D eigenvalue weighted by molar-refractivity contribution is 0.0973. The molecule has 2 aliphatic heterocycles. The van der Waals surface area contributed by atoms with E-state index in [1.807, 2.05) is 12.3 Å². The molecule has 2 bridgehead atoms. The summed E-state index contributed by atoms with van der Waals surface area (Å²) in [6.07, 6.45) is 7.95. The van der Waals surface area contributed by atoms with E-state index in [9.17, 15) is 5.26 Å². The van der Waals surface area contributed by atoms with Gasteiger partial charge in [0.05, 0.1) is 11.5 Å². The Kier molecular flexibility index (Phi) is 3.63. The molecule has 2 atom stereocenters. The quantitative estimate of drug-likeness (QED) is 0.868. The van der Waals surface area contributed by atoms with Crippen LogP contribution in [0, 0.1) is 11.3 Å². The molecule has 3 heterocycles. The molecule has 2 aromatic rings. The first-order valence-electron chi connectivity index (χ1n) is 8.42. The fourth-order valence-electron chi connectivity index (χ4n) is 4.43. The molecule has 116 valence electrons. The van der Waals surface area contributed by atoms with Gasteiger partial charge in [0.1, 0.15) is 0 Å². The van der Waals surface area contributed by atoms with Gasteiger partial charge in [0.15, 0.2) is 0 Å². The zero-order chi connectivity index (χ0) is 15.7. The van der Waals surface area contributed by atoms with E-state index in [1.165, 1.54) is 18.4 Å². The summed E-state index contributed by atoms with van der Waals surface area (Å²) in [5, 5.41) is 9.94. The maximum absolute atomic E-state index is 9.94. The molecule has 3 nitrogen and oxygen atoms in total. The molecule has 1 aromatic carbocycles. The Hall–Kier alpha value is -2.18. The Morgan fingerprint density at radius 3 is 2.43 bits per heavy atom. The van der Waals surface area contributed by atoms with Crippen LogP contribution in [-0.4, -0.2) is 22.0 Å². The summed E-state index contributed by atoms with van der Waals surface area (Å²) in [5.74, 6) is 0. The van der Waals surface area contributed by atoms with Gasteiger partial charge in [-0.25, -0.2) is 0 Å². The first kappa shape index (κ1) is 14.4. The molecule has 2 fully saturated rings. The van der Waals surface area contributed by atoms with E-state index in [2.05, 4.69) is 52.4 Å². The van der Waals surface area contributed by atoms with Crippen molar-refractivity contribution < 1.29 is 0 Å². The lowest BCUT2D eigenvalue weighted by Crippen LogP contribution is -2.48. The summed E-state index contributed by atoms with van der Waals surface area (Å²) in [5.41, 5.74) is 2.11. The third-order valence-corrected chi connectivity index (χ3v) is 5.58. The highest BCUT2D eigenvalue weighted by Gasteiger charge is 2.49. The topological polar surface area (TPSA) is 39.9 Å². The Morgan fingerprint density at radius 2 is 1.83 bits per heavy atom. The zero-order valence-electron chi connectivity index (χ0n) is 13.2. The van der Waals surface area contributed by atoms with Crippen molar-refractivity contribution in [1.29, 1.82) is 5.26 Å². The van der Waals surface area contributed by atoms with Crippen LogP contribution >= 0.6 is 0 Å². The van der Waals surface area contributed by atoms with Crippen molar-refractivity contribution >= 4 is 0 Å². The van der Waals surface area contributed by atoms with Gasteiger partial charge in [-0.1, -0.05) is 36.4 Å². The zero-order valence-corrected chi connectivity index (χ0v) is 13.2. The average Bonchev–Trinajstić information content (AvgIpc) is 2.86. The summed E-state index contributed by atoms with van der Waals surface area (Å²) in [6, 6.07) is 18.4. The first-order chi connectivity index (χ1) is 11.3. The largest absolute Gasteiger partial charge is 0.293 e. The molecule has 2 aliphatic rings. The molecule has 0 saturated carbocycles. The highest BCUT2D eigenvalue weighted by atomic mass is 15.2. The van der Waals surface area contributed by atoms with E-state index in [-0.39, 0.29) is 5.41 Å². The molecular weight excluding hydrogens is 282 g/mol. The highest BCUT2D eigenvalue weighted by Crippen LogP contribution is 2.47. The van der Waals surface area contributed by atoms with Crippen LogP contribution in [0.25, 0.3) is 0 Å². The average molecular weight is 303 g/mol. The number of nitriles is 1. The van der Waals surface area contributed by atoms with E-state index < -0.39 is 0 Å². The van der Waals surface area contributed by atoms with Crippen molar-refractivity contribution in [1.82, 2.24) is 9.88 Å². The minimum atomic E-state index is -0.354. The third-order valence-electron chi connectivity index (χ3n) is 5.58. The standard InChI is InChI=1S/C20H21N3/c21-15-20(17-7-4-10-22-13-17)11-18-8-9-19(12-20)23(18)14-16-5-2-1-3-6-16/h1-7,10,13,18-19H,8-9,11-12,14H2. The van der Waals surface area contributed by atoms with E-state index >= 15 is 0 Å². The molecule has 0 spiro atoms. The Bertz CT molecular complexity index is 691. The van der Waals surface area contributed by atoms with Gasteiger partial charge in [-0.3, -0.25) is 9.88 Å². The first-order valence-corrected chi connectivity index (χ1v) is 8.42. The molecule has 2 unspecified atom stereocenters. The molecular formula is C20H21N3. The van der Waals surface area contributed by atoms with Crippen molar-refractivity contribution in [2.24, 2.45) is 0 Å². The van der Waals surface area contributed by atoms with Crippen molar-refractivity contribution in [2.75, 3.05) is 0 Å². The predicted molar refractivity (Wildman–Crippen MR) is 89.6 cm³/mol. The minimum absolute atomic E-state index is 0.354. The van der Waals surface area contributed by atoms with Crippen LogP contribution in [0.4, 0.5) is 0 Å².